The van der Waals surface area contributed by atoms with Crippen LogP contribution in [-0.2, 0) is 12.8 Å². The van der Waals surface area contributed by atoms with E-state index in [2.05, 4.69) is 10.3 Å². The van der Waals surface area contributed by atoms with E-state index in [-0.39, 0.29) is 11.3 Å². The number of carbonyl (C=O) groups is 1. The third-order valence-electron chi connectivity index (χ3n) is 4.13. The van der Waals surface area contributed by atoms with Gasteiger partial charge >= 0.3 is 0 Å². The van der Waals surface area contributed by atoms with Crippen LogP contribution in [0.2, 0.25) is 0 Å². The average Bonchev–Trinajstić information content (AvgIpc) is 2.89. The monoisotopic (exact) mass is 364 g/mol. The number of hydrogen-bond acceptors (Lipinski definition) is 6. The van der Waals surface area contributed by atoms with Gasteiger partial charge in [0.2, 0.25) is 0 Å². The zero-order valence-electron chi connectivity index (χ0n) is 13.4. The van der Waals surface area contributed by atoms with E-state index in [4.69, 9.17) is 5.73 Å². The highest BCUT2D eigenvalue weighted by molar-refractivity contribution is 7.15. The molecule has 9 heteroatoms. The summed E-state index contributed by atoms with van der Waals surface area (Å²) in [5.74, 6) is -1.60. The van der Waals surface area contributed by atoms with Gasteiger partial charge in [-0.2, -0.15) is 0 Å². The number of rotatable bonds is 3. The summed E-state index contributed by atoms with van der Waals surface area (Å²) in [6.07, 6.45) is 6.30. The van der Waals surface area contributed by atoms with Crippen molar-refractivity contribution >= 4 is 33.8 Å². The first-order valence-corrected chi connectivity index (χ1v) is 8.80. The fourth-order valence-electron chi connectivity index (χ4n) is 2.87. The summed E-state index contributed by atoms with van der Waals surface area (Å²) >= 11 is 1.39. The maximum Gasteiger partial charge on any atom is 0.295 e. The maximum absolute atomic E-state index is 13.6. The highest BCUT2D eigenvalue weighted by Gasteiger charge is 2.23. The lowest BCUT2D eigenvalue weighted by Gasteiger charge is -2.06. The van der Waals surface area contributed by atoms with Crippen molar-refractivity contribution in [1.29, 1.82) is 0 Å². The molecule has 0 saturated carbocycles. The van der Waals surface area contributed by atoms with Crippen LogP contribution in [0.15, 0.2) is 12.1 Å². The van der Waals surface area contributed by atoms with Gasteiger partial charge in [0.25, 0.3) is 11.6 Å². The van der Waals surface area contributed by atoms with Gasteiger partial charge in [-0.25, -0.2) is 9.37 Å². The zero-order chi connectivity index (χ0) is 18.0. The molecule has 3 rings (SSSR count). The number of thiazole rings is 1. The van der Waals surface area contributed by atoms with Crippen LogP contribution in [0.5, 0.6) is 0 Å². The highest BCUT2D eigenvalue weighted by atomic mass is 32.1. The number of halogens is 1. The summed E-state index contributed by atoms with van der Waals surface area (Å²) in [5.41, 5.74) is 5.39. The number of nitrogens with one attached hydrogen (secondary N) is 1. The molecule has 0 aliphatic heterocycles. The predicted molar refractivity (Wildman–Crippen MR) is 93.4 cm³/mol. The Labute approximate surface area is 147 Å². The van der Waals surface area contributed by atoms with Crippen LogP contribution in [0.25, 0.3) is 0 Å². The summed E-state index contributed by atoms with van der Waals surface area (Å²) < 4.78 is 13.6. The van der Waals surface area contributed by atoms with Crippen LogP contribution in [0.1, 0.15) is 46.6 Å². The van der Waals surface area contributed by atoms with Crippen LogP contribution >= 0.6 is 11.3 Å². The normalized spacial score (nSPS) is 14.3. The third-order valence-corrected chi connectivity index (χ3v) is 5.20. The fourth-order valence-corrected chi connectivity index (χ4v) is 3.91. The standard InChI is InChI=1S/C16H17FN4O3S/c17-9-7-10(14(18)12(8-9)21(23)24)15(22)20-16-19-11-5-3-1-2-4-6-13(11)25-16/h7-8H,1-6,18H2,(H,19,20,22). The molecule has 1 amide bonds. The number of carbonyl (C=O) groups excluding carboxylic acids is 1. The van der Waals surface area contributed by atoms with E-state index in [9.17, 15) is 19.3 Å². The number of hydrogen-bond donors (Lipinski definition) is 2. The van der Waals surface area contributed by atoms with Gasteiger partial charge in [0, 0.05) is 4.88 Å². The Kier molecular flexibility index (Phi) is 4.93. The van der Waals surface area contributed by atoms with Crippen molar-refractivity contribution in [3.05, 3.63) is 44.2 Å². The molecule has 0 unspecified atom stereocenters. The summed E-state index contributed by atoms with van der Waals surface area (Å²) in [4.78, 5) is 28.1. The zero-order valence-corrected chi connectivity index (χ0v) is 14.2. The van der Waals surface area contributed by atoms with Crippen LogP contribution in [0.4, 0.5) is 20.9 Å². The molecule has 1 aromatic heterocycles. The van der Waals surface area contributed by atoms with Crippen molar-refractivity contribution in [2.75, 3.05) is 11.1 Å². The number of nitro benzene ring substituents is 1. The van der Waals surface area contributed by atoms with Gasteiger partial charge in [-0.3, -0.25) is 20.2 Å². The molecule has 3 N–H and O–H groups in total. The number of nitrogens with zero attached hydrogens (tertiary/aromatic N) is 2. The van der Waals surface area contributed by atoms with Crippen molar-refractivity contribution in [3.63, 3.8) is 0 Å². The van der Waals surface area contributed by atoms with E-state index >= 15 is 0 Å². The largest absolute Gasteiger partial charge is 0.393 e. The van der Waals surface area contributed by atoms with E-state index in [1.165, 1.54) is 24.2 Å². The Bertz CT molecular complexity index is 812. The van der Waals surface area contributed by atoms with Gasteiger partial charge in [0.1, 0.15) is 11.5 Å². The number of fused-ring (bicyclic) bond motifs is 1. The molecule has 0 spiro atoms. The van der Waals surface area contributed by atoms with Gasteiger partial charge in [0.15, 0.2) is 5.13 Å². The molecule has 7 nitrogen and oxygen atoms in total. The maximum atomic E-state index is 13.6. The van der Waals surface area contributed by atoms with Crippen molar-refractivity contribution < 1.29 is 14.1 Å². The smallest absolute Gasteiger partial charge is 0.295 e. The summed E-state index contributed by atoms with van der Waals surface area (Å²) in [7, 11) is 0. The van der Waals surface area contributed by atoms with Gasteiger partial charge < -0.3 is 5.73 Å². The molecule has 0 radical (unpaired) electrons. The van der Waals surface area contributed by atoms with E-state index in [0.29, 0.717) is 11.2 Å². The lowest BCUT2D eigenvalue weighted by Crippen LogP contribution is -2.15. The van der Waals surface area contributed by atoms with Crippen LogP contribution < -0.4 is 11.1 Å². The van der Waals surface area contributed by atoms with Crippen LogP contribution in [-0.4, -0.2) is 15.8 Å². The molecule has 132 valence electrons. The van der Waals surface area contributed by atoms with E-state index in [0.717, 1.165) is 42.3 Å². The molecule has 1 heterocycles. The Morgan fingerprint density at radius 2 is 2.00 bits per heavy atom. The number of nitrogen functional groups attached to an aromatic ring is 1. The first-order chi connectivity index (χ1) is 12.0. The fraction of sp³-hybridized carbons (Fsp3) is 0.375. The quantitative estimate of drug-likeness (QED) is 0.490. The molecule has 2 aromatic rings. The van der Waals surface area contributed by atoms with Crippen molar-refractivity contribution in [3.8, 4) is 0 Å². The minimum Gasteiger partial charge on any atom is -0.393 e. The first kappa shape index (κ1) is 17.3. The van der Waals surface area contributed by atoms with Gasteiger partial charge in [-0.05, 0) is 31.7 Å². The Morgan fingerprint density at radius 3 is 2.72 bits per heavy atom. The second-order valence-electron chi connectivity index (χ2n) is 5.90. The number of aryl methyl sites for hydroxylation is 2. The number of anilines is 2. The molecule has 0 fully saturated rings. The Morgan fingerprint density at radius 1 is 1.28 bits per heavy atom. The van der Waals surface area contributed by atoms with Crippen molar-refractivity contribution in [2.24, 2.45) is 0 Å². The topological polar surface area (TPSA) is 111 Å². The molecular weight excluding hydrogens is 347 g/mol. The SMILES string of the molecule is Nc1c(C(=O)Nc2nc3c(s2)CCCCCC3)cc(F)cc1[N+](=O)[O-]. The second kappa shape index (κ2) is 7.14. The molecular formula is C16H17FN4O3S. The molecule has 1 aliphatic carbocycles. The summed E-state index contributed by atoms with van der Waals surface area (Å²) in [5, 5.41) is 13.9. The summed E-state index contributed by atoms with van der Waals surface area (Å²) in [6.45, 7) is 0. The number of nitro groups is 1. The Hall–Kier alpha value is -2.55. The number of benzene rings is 1. The van der Waals surface area contributed by atoms with Crippen molar-refractivity contribution in [1.82, 2.24) is 4.98 Å². The third kappa shape index (κ3) is 3.76. The van der Waals surface area contributed by atoms with E-state index in [1.54, 1.807) is 0 Å². The van der Waals surface area contributed by atoms with Gasteiger partial charge in [-0.15, -0.1) is 11.3 Å². The number of aromatic nitrogens is 1. The average molecular weight is 364 g/mol. The van der Waals surface area contributed by atoms with Gasteiger partial charge in [-0.1, -0.05) is 12.8 Å². The second-order valence-corrected chi connectivity index (χ2v) is 6.98. The van der Waals surface area contributed by atoms with Gasteiger partial charge in [0.05, 0.1) is 22.2 Å². The first-order valence-electron chi connectivity index (χ1n) is 7.99. The highest BCUT2D eigenvalue weighted by Crippen LogP contribution is 2.31. The van der Waals surface area contributed by atoms with E-state index in [1.807, 2.05) is 0 Å². The predicted octanol–water partition coefficient (Wildman–Crippen LogP) is 3.68. The van der Waals surface area contributed by atoms with Crippen LogP contribution in [0.3, 0.4) is 0 Å². The molecule has 0 atom stereocenters. The number of amides is 1. The van der Waals surface area contributed by atoms with Crippen LogP contribution in [0, 0.1) is 15.9 Å². The molecule has 0 bridgehead atoms. The molecule has 1 aliphatic rings. The lowest BCUT2D eigenvalue weighted by atomic mass is 10.0. The minimum absolute atomic E-state index is 0.269. The molecule has 1 aromatic carbocycles. The minimum atomic E-state index is -0.891. The van der Waals surface area contributed by atoms with E-state index < -0.39 is 22.3 Å². The molecule has 0 saturated heterocycles. The lowest BCUT2D eigenvalue weighted by molar-refractivity contribution is -0.384. The number of nitrogens with two attached hydrogens (primary N) is 1. The molecule has 25 heavy (non-hydrogen) atoms. The summed E-state index contributed by atoms with van der Waals surface area (Å²) in [6, 6.07) is 1.59. The van der Waals surface area contributed by atoms with Crippen molar-refractivity contribution in [2.45, 2.75) is 38.5 Å². The Balaban J connectivity index is 1.86.